The van der Waals surface area contributed by atoms with Gasteiger partial charge in [-0.2, -0.15) is 10.1 Å². The number of nitrogens with zero attached hydrogens (tertiary/aromatic N) is 4. The molecular formula is C18H21N5O2. The molecule has 130 valence electrons. The summed E-state index contributed by atoms with van der Waals surface area (Å²) in [6, 6.07) is 5.69. The summed E-state index contributed by atoms with van der Waals surface area (Å²) in [4.78, 5) is 20.9. The van der Waals surface area contributed by atoms with Crippen LogP contribution in [0.4, 0.5) is 5.69 Å². The summed E-state index contributed by atoms with van der Waals surface area (Å²) in [5.41, 5.74) is 4.60. The molecule has 0 unspecified atom stereocenters. The Hall–Kier alpha value is -2.96. The Morgan fingerprint density at radius 3 is 2.84 bits per heavy atom. The number of hydrogen-bond acceptors (Lipinski definition) is 5. The van der Waals surface area contributed by atoms with Gasteiger partial charge in [-0.1, -0.05) is 6.07 Å². The van der Waals surface area contributed by atoms with Crippen molar-refractivity contribution in [1.29, 1.82) is 0 Å². The molecule has 1 N–H and O–H groups in total. The third-order valence-corrected chi connectivity index (χ3v) is 4.22. The van der Waals surface area contributed by atoms with E-state index >= 15 is 0 Å². The summed E-state index contributed by atoms with van der Waals surface area (Å²) in [5, 5.41) is 7.10. The molecule has 7 heteroatoms. The summed E-state index contributed by atoms with van der Waals surface area (Å²) in [6.45, 7) is 5.87. The van der Waals surface area contributed by atoms with Crippen molar-refractivity contribution in [2.75, 3.05) is 12.4 Å². The first-order chi connectivity index (χ1) is 12.0. The number of carbonyl (C=O) groups is 1. The quantitative estimate of drug-likeness (QED) is 0.773. The second-order valence-electron chi connectivity index (χ2n) is 5.98. The highest BCUT2D eigenvalue weighted by Gasteiger charge is 2.13. The third-order valence-electron chi connectivity index (χ3n) is 4.22. The maximum atomic E-state index is 12.4. The fourth-order valence-electron chi connectivity index (χ4n) is 2.89. The zero-order chi connectivity index (χ0) is 18.0. The maximum Gasteiger partial charge on any atom is 0.252 e. The Morgan fingerprint density at radius 2 is 2.08 bits per heavy atom. The normalized spacial score (nSPS) is 10.9. The van der Waals surface area contributed by atoms with Gasteiger partial charge in [-0.25, -0.2) is 9.50 Å². The molecule has 3 aromatic rings. The van der Waals surface area contributed by atoms with E-state index < -0.39 is 0 Å². The third kappa shape index (κ3) is 3.45. The van der Waals surface area contributed by atoms with Crippen LogP contribution in [0, 0.1) is 20.8 Å². The molecule has 0 atom stereocenters. The van der Waals surface area contributed by atoms with E-state index in [1.807, 2.05) is 39.0 Å². The van der Waals surface area contributed by atoms with Crippen molar-refractivity contribution < 1.29 is 9.53 Å². The van der Waals surface area contributed by atoms with Crippen molar-refractivity contribution in [1.82, 2.24) is 19.6 Å². The van der Waals surface area contributed by atoms with Crippen LogP contribution in [0.5, 0.6) is 5.75 Å². The first-order valence-electron chi connectivity index (χ1n) is 8.10. The molecule has 1 amide bonds. The zero-order valence-electron chi connectivity index (χ0n) is 14.8. The minimum atomic E-state index is -0.0682. The maximum absolute atomic E-state index is 12.4. The number of hydrogen-bond donors (Lipinski definition) is 1. The molecule has 25 heavy (non-hydrogen) atoms. The second-order valence-corrected chi connectivity index (χ2v) is 5.98. The number of amides is 1. The predicted molar refractivity (Wildman–Crippen MR) is 94.9 cm³/mol. The number of rotatable bonds is 5. The number of methoxy groups -OCH3 is 1. The molecule has 0 bridgehead atoms. The number of benzene rings is 1. The molecule has 0 aliphatic heterocycles. The lowest BCUT2D eigenvalue weighted by Crippen LogP contribution is -2.15. The van der Waals surface area contributed by atoms with Crippen molar-refractivity contribution in [3.63, 3.8) is 0 Å². The van der Waals surface area contributed by atoms with Gasteiger partial charge in [-0.3, -0.25) is 4.79 Å². The van der Waals surface area contributed by atoms with E-state index in [1.165, 1.54) is 6.33 Å². The van der Waals surface area contributed by atoms with Gasteiger partial charge in [0.2, 0.25) is 5.91 Å². The lowest BCUT2D eigenvalue weighted by Gasteiger charge is -2.12. The molecule has 0 radical (unpaired) electrons. The van der Waals surface area contributed by atoms with Gasteiger partial charge in [0, 0.05) is 17.8 Å². The smallest absolute Gasteiger partial charge is 0.252 e. The Balaban J connectivity index is 1.74. The van der Waals surface area contributed by atoms with Crippen LogP contribution in [0.2, 0.25) is 0 Å². The molecule has 2 aromatic heterocycles. The first-order valence-corrected chi connectivity index (χ1v) is 8.10. The van der Waals surface area contributed by atoms with E-state index in [0.29, 0.717) is 30.1 Å². The van der Waals surface area contributed by atoms with Gasteiger partial charge in [0.1, 0.15) is 12.1 Å². The lowest BCUT2D eigenvalue weighted by molar-refractivity contribution is -0.116. The predicted octanol–water partition coefficient (Wildman–Crippen LogP) is 2.63. The van der Waals surface area contributed by atoms with Gasteiger partial charge >= 0.3 is 0 Å². The van der Waals surface area contributed by atoms with E-state index in [-0.39, 0.29) is 5.91 Å². The van der Waals surface area contributed by atoms with Crippen molar-refractivity contribution in [3.8, 4) is 5.75 Å². The Morgan fingerprint density at radius 1 is 1.28 bits per heavy atom. The molecule has 3 rings (SSSR count). The molecule has 0 fully saturated rings. The number of aryl methyl sites for hydroxylation is 3. The van der Waals surface area contributed by atoms with Gasteiger partial charge in [0.15, 0.2) is 0 Å². The van der Waals surface area contributed by atoms with Gasteiger partial charge < -0.3 is 10.1 Å². The average molecular weight is 339 g/mol. The van der Waals surface area contributed by atoms with E-state index in [0.717, 1.165) is 22.5 Å². The lowest BCUT2D eigenvalue weighted by atomic mass is 10.1. The van der Waals surface area contributed by atoms with Gasteiger partial charge in [-0.05, 0) is 50.5 Å². The molecule has 7 nitrogen and oxygen atoms in total. The van der Waals surface area contributed by atoms with Crippen LogP contribution in [-0.2, 0) is 11.2 Å². The minimum absolute atomic E-state index is 0.0682. The summed E-state index contributed by atoms with van der Waals surface area (Å²) in [6.07, 6.45) is 2.41. The molecule has 0 saturated carbocycles. The summed E-state index contributed by atoms with van der Waals surface area (Å²) < 4.78 is 7.00. The average Bonchev–Trinajstić information content (AvgIpc) is 3.03. The fourth-order valence-corrected chi connectivity index (χ4v) is 2.89. The standard InChI is InChI=1S/C18H21N5O2/c1-11-5-7-16(25-4)15(9-11)22-17(24)8-6-14-12(2)21-18-19-10-20-23(18)13(14)3/h5,7,9-10H,6,8H2,1-4H3,(H,22,24). The Kier molecular flexibility index (Phi) is 4.65. The summed E-state index contributed by atoms with van der Waals surface area (Å²) in [7, 11) is 1.59. The Labute approximate surface area is 146 Å². The van der Waals surface area contributed by atoms with Crippen LogP contribution in [0.15, 0.2) is 24.5 Å². The molecule has 1 aromatic carbocycles. The van der Waals surface area contributed by atoms with Crippen LogP contribution in [0.25, 0.3) is 5.78 Å². The fraction of sp³-hybridized carbons (Fsp3) is 0.333. The van der Waals surface area contributed by atoms with Crippen molar-refractivity contribution in [2.45, 2.75) is 33.6 Å². The molecule has 0 spiro atoms. The van der Waals surface area contributed by atoms with E-state index in [9.17, 15) is 4.79 Å². The largest absolute Gasteiger partial charge is 0.495 e. The van der Waals surface area contributed by atoms with Crippen LogP contribution in [-0.4, -0.2) is 32.6 Å². The number of ether oxygens (including phenoxy) is 1. The van der Waals surface area contributed by atoms with Crippen LogP contribution in [0.1, 0.15) is 28.9 Å². The number of aromatic nitrogens is 4. The Bertz CT molecular complexity index is 933. The first kappa shape index (κ1) is 16.9. The summed E-state index contributed by atoms with van der Waals surface area (Å²) >= 11 is 0. The highest BCUT2D eigenvalue weighted by atomic mass is 16.5. The number of anilines is 1. The van der Waals surface area contributed by atoms with Crippen LogP contribution in [0.3, 0.4) is 0 Å². The highest BCUT2D eigenvalue weighted by molar-refractivity contribution is 5.92. The summed E-state index contributed by atoms with van der Waals surface area (Å²) in [5.74, 6) is 1.16. The van der Waals surface area contributed by atoms with E-state index in [4.69, 9.17) is 4.74 Å². The van der Waals surface area contributed by atoms with Crippen molar-refractivity contribution >= 4 is 17.4 Å². The monoisotopic (exact) mass is 339 g/mol. The molecule has 0 aliphatic rings. The van der Waals surface area contributed by atoms with Gasteiger partial charge in [0.05, 0.1) is 12.8 Å². The van der Waals surface area contributed by atoms with E-state index in [2.05, 4.69) is 20.4 Å². The van der Waals surface area contributed by atoms with Gasteiger partial charge in [0.25, 0.3) is 5.78 Å². The van der Waals surface area contributed by atoms with E-state index in [1.54, 1.807) is 11.6 Å². The number of fused-ring (bicyclic) bond motifs is 1. The number of nitrogens with one attached hydrogen (secondary N) is 1. The molecule has 0 saturated heterocycles. The van der Waals surface area contributed by atoms with Crippen molar-refractivity contribution in [3.05, 3.63) is 47.0 Å². The second kappa shape index (κ2) is 6.88. The highest BCUT2D eigenvalue weighted by Crippen LogP contribution is 2.25. The SMILES string of the molecule is COc1ccc(C)cc1NC(=O)CCc1c(C)nc2ncnn2c1C. The van der Waals surface area contributed by atoms with Crippen molar-refractivity contribution in [2.24, 2.45) is 0 Å². The van der Waals surface area contributed by atoms with Crippen LogP contribution >= 0.6 is 0 Å². The number of carbonyl (C=O) groups excluding carboxylic acids is 1. The molecule has 0 aliphatic carbocycles. The zero-order valence-corrected chi connectivity index (χ0v) is 14.8. The molecular weight excluding hydrogens is 318 g/mol. The van der Waals surface area contributed by atoms with Gasteiger partial charge in [-0.15, -0.1) is 0 Å². The topological polar surface area (TPSA) is 81.4 Å². The molecule has 2 heterocycles. The van der Waals surface area contributed by atoms with Crippen LogP contribution < -0.4 is 10.1 Å². The minimum Gasteiger partial charge on any atom is -0.495 e.